The number of hydrogen-bond donors (Lipinski definition) is 0. The number of nitrogens with zero attached hydrogens (tertiary/aromatic N) is 3. The molecular weight excluding hydrogens is 310 g/mol. The normalized spacial score (nSPS) is 14.4. The lowest BCUT2D eigenvalue weighted by Crippen LogP contribution is -1.95. The summed E-state index contributed by atoms with van der Waals surface area (Å²) in [5.74, 6) is 2.07. The zero-order chi connectivity index (χ0) is 14.9. The monoisotopic (exact) mass is 327 g/mol. The van der Waals surface area contributed by atoms with Gasteiger partial charge in [0.2, 0.25) is 0 Å². The third-order valence-corrected chi connectivity index (χ3v) is 5.92. The van der Waals surface area contributed by atoms with Gasteiger partial charge in [-0.2, -0.15) is 0 Å². The van der Waals surface area contributed by atoms with Crippen LogP contribution in [-0.2, 0) is 7.05 Å². The summed E-state index contributed by atoms with van der Waals surface area (Å²) < 4.78 is 2.20. The number of hydrogen-bond acceptors (Lipinski definition) is 4. The maximum atomic E-state index is 4.93. The van der Waals surface area contributed by atoms with Crippen molar-refractivity contribution < 1.29 is 0 Å². The predicted molar refractivity (Wildman–Crippen MR) is 93.2 cm³/mol. The molecule has 0 unspecified atom stereocenters. The molecule has 5 heteroatoms. The van der Waals surface area contributed by atoms with Gasteiger partial charge in [0.1, 0.15) is 16.4 Å². The fourth-order valence-corrected chi connectivity index (χ4v) is 4.34. The minimum absolute atomic E-state index is 0.894. The molecule has 0 N–H and O–H groups in total. The first-order valence-corrected chi connectivity index (χ1v) is 9.34. The molecule has 0 bridgehead atoms. The van der Waals surface area contributed by atoms with Crippen LogP contribution in [0.1, 0.15) is 12.8 Å². The third kappa shape index (κ3) is 2.71. The topological polar surface area (TPSA) is 30.7 Å². The van der Waals surface area contributed by atoms with E-state index in [9.17, 15) is 0 Å². The van der Waals surface area contributed by atoms with E-state index in [2.05, 4.69) is 40.9 Å². The number of benzene rings is 1. The van der Waals surface area contributed by atoms with E-state index in [0.717, 1.165) is 33.0 Å². The van der Waals surface area contributed by atoms with Gasteiger partial charge in [0.05, 0.1) is 0 Å². The van der Waals surface area contributed by atoms with Crippen LogP contribution in [0.15, 0.2) is 47.1 Å². The lowest BCUT2D eigenvalue weighted by molar-refractivity contribution is 0.794. The van der Waals surface area contributed by atoms with E-state index in [-0.39, 0.29) is 0 Å². The largest absolute Gasteiger partial charge is 0.320 e. The van der Waals surface area contributed by atoms with Gasteiger partial charge in [0.15, 0.2) is 5.16 Å². The molecule has 1 aromatic carbocycles. The van der Waals surface area contributed by atoms with Crippen LogP contribution in [-0.4, -0.2) is 20.3 Å². The van der Waals surface area contributed by atoms with Crippen molar-refractivity contribution in [2.75, 3.05) is 5.75 Å². The van der Waals surface area contributed by atoms with Crippen LogP contribution in [0.25, 0.3) is 22.0 Å². The van der Waals surface area contributed by atoms with E-state index in [4.69, 9.17) is 4.98 Å². The van der Waals surface area contributed by atoms with Gasteiger partial charge in [-0.05, 0) is 18.8 Å². The summed E-state index contributed by atoms with van der Waals surface area (Å²) in [6.07, 6.45) is 4.61. The second kappa shape index (κ2) is 5.89. The van der Waals surface area contributed by atoms with Gasteiger partial charge < -0.3 is 4.57 Å². The molecule has 2 aromatic heterocycles. The molecule has 1 aliphatic carbocycles. The Hall–Kier alpha value is -1.59. The second-order valence-corrected chi connectivity index (χ2v) is 7.49. The summed E-state index contributed by atoms with van der Waals surface area (Å²) in [5.41, 5.74) is 3.32. The van der Waals surface area contributed by atoms with Gasteiger partial charge in [-0.3, -0.25) is 0 Å². The predicted octanol–water partition coefficient (Wildman–Crippen LogP) is 4.71. The molecule has 0 spiro atoms. The maximum Gasteiger partial charge on any atom is 0.168 e. The number of thiazole rings is 1. The number of rotatable bonds is 5. The molecule has 112 valence electrons. The van der Waals surface area contributed by atoms with Crippen molar-refractivity contribution in [2.45, 2.75) is 18.0 Å². The van der Waals surface area contributed by atoms with Crippen LogP contribution in [0.4, 0.5) is 0 Å². The van der Waals surface area contributed by atoms with E-state index >= 15 is 0 Å². The number of thioether (sulfide) groups is 1. The van der Waals surface area contributed by atoms with E-state index in [1.54, 1.807) is 11.3 Å². The summed E-state index contributed by atoms with van der Waals surface area (Å²) in [7, 11) is 2.10. The number of imidazole rings is 1. The van der Waals surface area contributed by atoms with Crippen molar-refractivity contribution in [3.8, 4) is 22.0 Å². The Morgan fingerprint density at radius 2 is 2.09 bits per heavy atom. The highest BCUT2D eigenvalue weighted by molar-refractivity contribution is 7.99. The highest BCUT2D eigenvalue weighted by Crippen LogP contribution is 2.39. The molecule has 0 amide bonds. The summed E-state index contributed by atoms with van der Waals surface area (Å²) in [5, 5.41) is 4.15. The Bertz CT molecular complexity index is 759. The fourth-order valence-electron chi connectivity index (χ4n) is 2.47. The SMILES string of the molecule is Cn1c(SCC2CC2)nc(-c2ccccc2)c1-c1nccs1. The summed E-state index contributed by atoms with van der Waals surface area (Å²) in [6.45, 7) is 0. The first-order chi connectivity index (χ1) is 10.8. The summed E-state index contributed by atoms with van der Waals surface area (Å²) in [4.78, 5) is 9.43. The third-order valence-electron chi connectivity index (χ3n) is 3.88. The molecule has 3 nitrogen and oxygen atoms in total. The molecule has 22 heavy (non-hydrogen) atoms. The van der Waals surface area contributed by atoms with E-state index in [1.807, 2.05) is 29.4 Å². The standard InChI is InChI=1S/C17H17N3S2/c1-20-15(16-18-9-10-21-16)14(13-5-3-2-4-6-13)19-17(20)22-11-12-7-8-12/h2-6,9-10,12H,7-8,11H2,1H3. The van der Waals surface area contributed by atoms with Crippen LogP contribution in [0.2, 0.25) is 0 Å². The average molecular weight is 327 g/mol. The molecule has 0 aliphatic heterocycles. The Morgan fingerprint density at radius 1 is 1.27 bits per heavy atom. The molecule has 0 atom stereocenters. The van der Waals surface area contributed by atoms with Crippen molar-refractivity contribution in [2.24, 2.45) is 13.0 Å². The minimum atomic E-state index is 0.894. The molecule has 1 saturated carbocycles. The first-order valence-electron chi connectivity index (χ1n) is 7.47. The van der Waals surface area contributed by atoms with E-state index < -0.39 is 0 Å². The van der Waals surface area contributed by atoms with E-state index in [0.29, 0.717) is 0 Å². The Labute approximate surface area is 138 Å². The fraction of sp³-hybridized carbons (Fsp3) is 0.294. The molecule has 3 aromatic rings. The van der Waals surface area contributed by atoms with Gasteiger partial charge in [0.25, 0.3) is 0 Å². The van der Waals surface area contributed by atoms with Crippen LogP contribution in [0, 0.1) is 5.92 Å². The van der Waals surface area contributed by atoms with Crippen molar-refractivity contribution >= 4 is 23.1 Å². The smallest absolute Gasteiger partial charge is 0.168 e. The van der Waals surface area contributed by atoms with Gasteiger partial charge >= 0.3 is 0 Å². The lowest BCUT2D eigenvalue weighted by atomic mass is 10.1. The first kappa shape index (κ1) is 14.0. The molecule has 2 heterocycles. The van der Waals surface area contributed by atoms with Crippen LogP contribution in [0.3, 0.4) is 0 Å². The lowest BCUT2D eigenvalue weighted by Gasteiger charge is -2.04. The second-order valence-electron chi connectivity index (χ2n) is 5.61. The average Bonchev–Trinajstić information content (AvgIpc) is 3.11. The van der Waals surface area contributed by atoms with E-state index in [1.165, 1.54) is 18.6 Å². The van der Waals surface area contributed by atoms with Gasteiger partial charge in [-0.1, -0.05) is 42.1 Å². The number of aromatic nitrogens is 3. The van der Waals surface area contributed by atoms with Crippen LogP contribution >= 0.6 is 23.1 Å². The van der Waals surface area contributed by atoms with Crippen molar-refractivity contribution in [3.63, 3.8) is 0 Å². The molecule has 0 saturated heterocycles. The molecule has 0 radical (unpaired) electrons. The summed E-state index contributed by atoms with van der Waals surface area (Å²) in [6, 6.07) is 10.4. The summed E-state index contributed by atoms with van der Waals surface area (Å²) >= 11 is 3.54. The highest BCUT2D eigenvalue weighted by atomic mass is 32.2. The Morgan fingerprint density at radius 3 is 2.77 bits per heavy atom. The highest BCUT2D eigenvalue weighted by Gasteiger charge is 2.24. The van der Waals surface area contributed by atoms with Crippen molar-refractivity contribution in [1.82, 2.24) is 14.5 Å². The van der Waals surface area contributed by atoms with Crippen LogP contribution < -0.4 is 0 Å². The molecule has 4 rings (SSSR count). The van der Waals surface area contributed by atoms with Gasteiger partial charge in [0, 0.05) is 29.9 Å². The minimum Gasteiger partial charge on any atom is -0.320 e. The molecule has 1 aliphatic rings. The molecular formula is C17H17N3S2. The Kier molecular flexibility index (Phi) is 3.76. The quantitative estimate of drug-likeness (QED) is 0.636. The van der Waals surface area contributed by atoms with Crippen molar-refractivity contribution in [1.29, 1.82) is 0 Å². The van der Waals surface area contributed by atoms with Crippen LogP contribution in [0.5, 0.6) is 0 Å². The Balaban J connectivity index is 1.79. The maximum absolute atomic E-state index is 4.93. The van der Waals surface area contributed by atoms with Gasteiger partial charge in [-0.25, -0.2) is 9.97 Å². The van der Waals surface area contributed by atoms with Gasteiger partial charge in [-0.15, -0.1) is 11.3 Å². The zero-order valence-electron chi connectivity index (χ0n) is 12.4. The van der Waals surface area contributed by atoms with Crippen molar-refractivity contribution in [3.05, 3.63) is 41.9 Å². The molecule has 1 fully saturated rings. The zero-order valence-corrected chi connectivity index (χ0v) is 14.0.